The van der Waals surface area contributed by atoms with E-state index in [9.17, 15) is 0 Å². The number of hydrogen-bond donors (Lipinski definition) is 0. The molecular formula is C11H13O3. The smallest absolute Gasteiger partial charge is 0.119 e. The summed E-state index contributed by atoms with van der Waals surface area (Å²) in [6, 6.07) is 7.50. The molecule has 1 aromatic carbocycles. The van der Waals surface area contributed by atoms with Crippen molar-refractivity contribution >= 4 is 0 Å². The van der Waals surface area contributed by atoms with Gasteiger partial charge in [0.25, 0.3) is 0 Å². The molecule has 0 N–H and O–H groups in total. The Balaban J connectivity index is 1.84. The summed E-state index contributed by atoms with van der Waals surface area (Å²) < 4.78 is 15.7. The molecule has 0 spiro atoms. The van der Waals surface area contributed by atoms with Crippen LogP contribution in [0.1, 0.15) is 0 Å². The highest BCUT2D eigenvalue weighted by Gasteiger charge is 2.22. The first-order chi connectivity index (χ1) is 6.88. The Labute approximate surface area is 83.6 Å². The van der Waals surface area contributed by atoms with E-state index in [-0.39, 0.29) is 0 Å². The molecule has 0 amide bonds. The predicted molar refractivity (Wildman–Crippen MR) is 52.5 cm³/mol. The summed E-state index contributed by atoms with van der Waals surface area (Å²) in [6.45, 7) is 5.50. The van der Waals surface area contributed by atoms with Crippen LogP contribution in [0.15, 0.2) is 24.3 Å². The van der Waals surface area contributed by atoms with Crippen LogP contribution in [0.2, 0.25) is 0 Å². The highest BCUT2D eigenvalue weighted by molar-refractivity contribution is 5.31. The minimum absolute atomic E-state index is 0.297. The molecule has 1 fully saturated rings. The molecule has 3 nitrogen and oxygen atoms in total. The first kappa shape index (κ1) is 9.34. The van der Waals surface area contributed by atoms with Gasteiger partial charge in [-0.3, -0.25) is 0 Å². The number of rotatable bonds is 5. The molecule has 3 heteroatoms. The molecule has 0 aliphatic carbocycles. The van der Waals surface area contributed by atoms with Gasteiger partial charge in [0.15, 0.2) is 0 Å². The maximum Gasteiger partial charge on any atom is 0.119 e. The van der Waals surface area contributed by atoms with Crippen molar-refractivity contribution in [2.24, 2.45) is 0 Å². The van der Waals surface area contributed by atoms with Gasteiger partial charge in [-0.15, -0.1) is 0 Å². The Morgan fingerprint density at radius 2 is 1.79 bits per heavy atom. The van der Waals surface area contributed by atoms with Crippen LogP contribution in [0, 0.1) is 6.92 Å². The van der Waals surface area contributed by atoms with Gasteiger partial charge in [0, 0.05) is 0 Å². The topological polar surface area (TPSA) is 31.0 Å². The molecule has 1 unspecified atom stereocenters. The second-order valence-corrected chi connectivity index (χ2v) is 3.09. The van der Waals surface area contributed by atoms with Gasteiger partial charge in [-0.05, 0) is 31.2 Å². The van der Waals surface area contributed by atoms with E-state index in [1.54, 1.807) is 0 Å². The summed E-state index contributed by atoms with van der Waals surface area (Å²) >= 11 is 0. The molecule has 1 aromatic rings. The number of hydrogen-bond acceptors (Lipinski definition) is 3. The minimum atomic E-state index is 0.297. The van der Waals surface area contributed by atoms with Crippen LogP contribution in [-0.4, -0.2) is 25.9 Å². The minimum Gasteiger partial charge on any atom is -0.494 e. The summed E-state index contributed by atoms with van der Waals surface area (Å²) in [5, 5.41) is 0. The van der Waals surface area contributed by atoms with E-state index in [1.165, 1.54) is 0 Å². The summed E-state index contributed by atoms with van der Waals surface area (Å²) in [4.78, 5) is 0. The Kier molecular flexibility index (Phi) is 2.89. The molecular weight excluding hydrogens is 180 g/mol. The van der Waals surface area contributed by atoms with Crippen LogP contribution < -0.4 is 9.47 Å². The van der Waals surface area contributed by atoms with Crippen LogP contribution in [0.5, 0.6) is 11.5 Å². The van der Waals surface area contributed by atoms with Gasteiger partial charge in [0.1, 0.15) is 24.2 Å². The summed E-state index contributed by atoms with van der Waals surface area (Å²) in [5.74, 6) is 1.66. The van der Waals surface area contributed by atoms with Crippen molar-refractivity contribution < 1.29 is 14.2 Å². The molecule has 0 saturated carbocycles. The lowest BCUT2D eigenvalue weighted by Crippen LogP contribution is -2.03. The van der Waals surface area contributed by atoms with Crippen molar-refractivity contribution in [3.8, 4) is 11.5 Å². The van der Waals surface area contributed by atoms with E-state index in [0.717, 1.165) is 18.1 Å². The Bertz CT molecular complexity index is 277. The Morgan fingerprint density at radius 1 is 1.21 bits per heavy atom. The maximum absolute atomic E-state index is 5.47. The van der Waals surface area contributed by atoms with E-state index in [1.807, 2.05) is 24.3 Å². The van der Waals surface area contributed by atoms with Gasteiger partial charge in [0.05, 0.1) is 13.2 Å². The fourth-order valence-corrected chi connectivity index (χ4v) is 1.10. The molecule has 75 valence electrons. The van der Waals surface area contributed by atoms with Gasteiger partial charge < -0.3 is 14.2 Å². The molecule has 1 saturated heterocycles. The zero-order chi connectivity index (χ0) is 9.80. The standard InChI is InChI=1S/C11H13O3/c1-2-12-9-3-5-10(6-4-9)13-7-11-8-14-11/h3-6,11H,1-2,7-8H2. The predicted octanol–water partition coefficient (Wildman–Crippen LogP) is 1.68. The first-order valence-electron chi connectivity index (χ1n) is 4.65. The molecule has 1 aliphatic rings. The summed E-state index contributed by atoms with van der Waals surface area (Å²) in [7, 11) is 0. The van der Waals surface area contributed by atoms with Crippen LogP contribution in [0.3, 0.4) is 0 Å². The summed E-state index contributed by atoms with van der Waals surface area (Å²) in [6.07, 6.45) is 0.297. The lowest BCUT2D eigenvalue weighted by molar-refractivity contribution is 0.262. The van der Waals surface area contributed by atoms with E-state index in [4.69, 9.17) is 14.2 Å². The Hall–Kier alpha value is -1.22. The quantitative estimate of drug-likeness (QED) is 0.666. The van der Waals surface area contributed by atoms with Gasteiger partial charge in [-0.2, -0.15) is 0 Å². The average Bonchev–Trinajstić information content (AvgIpc) is 3.01. The monoisotopic (exact) mass is 193 g/mol. The largest absolute Gasteiger partial charge is 0.494 e. The van der Waals surface area contributed by atoms with E-state index < -0.39 is 0 Å². The van der Waals surface area contributed by atoms with Gasteiger partial charge >= 0.3 is 0 Å². The van der Waals surface area contributed by atoms with Crippen molar-refractivity contribution in [2.45, 2.75) is 6.10 Å². The third kappa shape index (κ3) is 2.64. The normalized spacial score (nSPS) is 19.1. The number of ether oxygens (including phenoxy) is 3. The summed E-state index contributed by atoms with van der Waals surface area (Å²) in [5.41, 5.74) is 0. The molecule has 0 bridgehead atoms. The SMILES string of the molecule is [CH2]COc1ccc(OCC2CO2)cc1. The molecule has 1 atom stereocenters. The zero-order valence-electron chi connectivity index (χ0n) is 7.94. The van der Waals surface area contributed by atoms with Crippen LogP contribution in [-0.2, 0) is 4.74 Å². The third-order valence-corrected chi connectivity index (χ3v) is 1.93. The van der Waals surface area contributed by atoms with Crippen molar-refractivity contribution in [1.29, 1.82) is 0 Å². The van der Waals surface area contributed by atoms with Gasteiger partial charge in [-0.25, -0.2) is 0 Å². The number of epoxide rings is 1. The van der Waals surface area contributed by atoms with Gasteiger partial charge in [0.2, 0.25) is 0 Å². The lowest BCUT2D eigenvalue weighted by atomic mass is 10.3. The fraction of sp³-hybridized carbons (Fsp3) is 0.364. The lowest BCUT2D eigenvalue weighted by Gasteiger charge is -2.05. The zero-order valence-corrected chi connectivity index (χ0v) is 7.94. The highest BCUT2D eigenvalue weighted by Crippen LogP contribution is 2.19. The molecule has 0 aromatic heterocycles. The van der Waals surface area contributed by atoms with Crippen molar-refractivity contribution in [2.75, 3.05) is 19.8 Å². The maximum atomic E-state index is 5.47. The number of benzene rings is 1. The molecule has 1 heterocycles. The third-order valence-electron chi connectivity index (χ3n) is 1.93. The fourth-order valence-electron chi connectivity index (χ4n) is 1.10. The highest BCUT2D eigenvalue weighted by atomic mass is 16.6. The molecule has 1 aliphatic heterocycles. The first-order valence-corrected chi connectivity index (χ1v) is 4.65. The van der Waals surface area contributed by atoms with Gasteiger partial charge in [-0.1, -0.05) is 0 Å². The van der Waals surface area contributed by atoms with Crippen LogP contribution in [0.25, 0.3) is 0 Å². The molecule has 1 radical (unpaired) electrons. The van der Waals surface area contributed by atoms with E-state index >= 15 is 0 Å². The van der Waals surface area contributed by atoms with Crippen molar-refractivity contribution in [1.82, 2.24) is 0 Å². The Morgan fingerprint density at radius 3 is 2.29 bits per heavy atom. The van der Waals surface area contributed by atoms with Crippen LogP contribution in [0.4, 0.5) is 0 Å². The van der Waals surface area contributed by atoms with Crippen molar-refractivity contribution in [3.05, 3.63) is 31.2 Å². The van der Waals surface area contributed by atoms with E-state index in [2.05, 4.69) is 6.92 Å². The second-order valence-electron chi connectivity index (χ2n) is 3.09. The molecule has 14 heavy (non-hydrogen) atoms. The second kappa shape index (κ2) is 4.33. The average molecular weight is 193 g/mol. The van der Waals surface area contributed by atoms with E-state index in [0.29, 0.717) is 19.3 Å². The van der Waals surface area contributed by atoms with Crippen LogP contribution >= 0.6 is 0 Å². The van der Waals surface area contributed by atoms with Crippen molar-refractivity contribution in [3.63, 3.8) is 0 Å². The molecule has 2 rings (SSSR count).